The summed E-state index contributed by atoms with van der Waals surface area (Å²) in [4.78, 5) is 0. The summed E-state index contributed by atoms with van der Waals surface area (Å²) >= 11 is 0. The lowest BCUT2D eigenvalue weighted by Crippen LogP contribution is -2.45. The van der Waals surface area contributed by atoms with Gasteiger partial charge in [-0.15, -0.1) is 0 Å². The van der Waals surface area contributed by atoms with Crippen LogP contribution < -0.4 is 0 Å². The van der Waals surface area contributed by atoms with E-state index in [2.05, 4.69) is 102 Å². The minimum absolute atomic E-state index is 0.0231. The molecule has 0 bridgehead atoms. The van der Waals surface area contributed by atoms with Crippen LogP contribution in [0, 0.1) is 5.92 Å². The predicted molar refractivity (Wildman–Crippen MR) is 149 cm³/mol. The summed E-state index contributed by atoms with van der Waals surface area (Å²) in [6, 6.07) is 1.14. The lowest BCUT2D eigenvalue weighted by molar-refractivity contribution is 0.00578. The second kappa shape index (κ2) is 9.92. The highest BCUT2D eigenvalue weighted by molar-refractivity contribution is 6.74. The minimum atomic E-state index is -1.82. The molecule has 1 unspecified atom stereocenters. The molecule has 9 heteroatoms. The van der Waals surface area contributed by atoms with Crippen molar-refractivity contribution in [2.75, 3.05) is 6.61 Å². The molecule has 0 amide bonds. The summed E-state index contributed by atoms with van der Waals surface area (Å²) in [5, 5.41) is 0.198. The largest absolute Gasteiger partial charge is 0.459 e. The van der Waals surface area contributed by atoms with Crippen LogP contribution in [0.4, 0.5) is 0 Å². The molecule has 5 nitrogen and oxygen atoms in total. The van der Waals surface area contributed by atoms with Gasteiger partial charge in [0, 0.05) is 21.1 Å². The van der Waals surface area contributed by atoms with Crippen molar-refractivity contribution in [1.29, 1.82) is 0 Å². The molecular formula is C25H53B2O5Si2. The van der Waals surface area contributed by atoms with Crippen LogP contribution in [0.5, 0.6) is 0 Å². The van der Waals surface area contributed by atoms with Gasteiger partial charge in [-0.1, -0.05) is 39.9 Å². The predicted octanol–water partition coefficient (Wildman–Crippen LogP) is 6.86. The van der Waals surface area contributed by atoms with E-state index in [4.69, 9.17) is 23.0 Å². The number of hydrogen-bond acceptors (Lipinski definition) is 5. The van der Waals surface area contributed by atoms with Gasteiger partial charge in [0.2, 0.25) is 0 Å². The van der Waals surface area contributed by atoms with E-state index in [9.17, 15) is 0 Å². The highest BCUT2D eigenvalue weighted by atomic mass is 28.4. The van der Waals surface area contributed by atoms with Crippen LogP contribution in [0.25, 0.3) is 0 Å². The lowest BCUT2D eigenvalue weighted by atomic mass is 9.46. The van der Waals surface area contributed by atoms with E-state index in [0.29, 0.717) is 5.92 Å². The summed E-state index contributed by atoms with van der Waals surface area (Å²) in [6.07, 6.45) is 0.960. The molecule has 1 radical (unpaired) electrons. The zero-order valence-corrected chi connectivity index (χ0v) is 27.0. The molecule has 2 fully saturated rings. The first-order valence-corrected chi connectivity index (χ1v) is 18.8. The third kappa shape index (κ3) is 6.43. The van der Waals surface area contributed by atoms with Crippen molar-refractivity contribution in [2.45, 2.75) is 148 Å². The van der Waals surface area contributed by atoms with Gasteiger partial charge in [0.25, 0.3) is 0 Å². The van der Waals surface area contributed by atoms with Gasteiger partial charge in [-0.2, -0.15) is 0 Å². The Morgan fingerprint density at radius 2 is 1.12 bits per heavy atom. The Balaban J connectivity index is 2.37. The molecule has 0 aromatic carbocycles. The van der Waals surface area contributed by atoms with Gasteiger partial charge in [-0.05, 0) is 85.9 Å². The van der Waals surface area contributed by atoms with Crippen molar-refractivity contribution in [2.24, 2.45) is 5.92 Å². The van der Waals surface area contributed by atoms with Crippen molar-refractivity contribution >= 4 is 31.4 Å². The maximum atomic E-state index is 6.64. The molecule has 1 atom stereocenters. The van der Waals surface area contributed by atoms with E-state index >= 15 is 0 Å². The van der Waals surface area contributed by atoms with Crippen LogP contribution in [0.2, 0.25) is 43.0 Å². The fourth-order valence-corrected chi connectivity index (χ4v) is 6.89. The summed E-state index contributed by atoms with van der Waals surface area (Å²) in [6.45, 7) is 34.1. The molecule has 2 heterocycles. The molecule has 0 N–H and O–H groups in total. The molecule has 2 aliphatic rings. The SMILES string of the molecule is C[Si](C)CC(CCO[Si](C)(C)C(C)(C)C)C(B1OC(C)(C)C(C)(C)O1)B1OC(C)(C)C(C)(C)O1. The Labute approximate surface area is 214 Å². The van der Waals surface area contributed by atoms with Crippen LogP contribution in [0.1, 0.15) is 82.6 Å². The smallest absolute Gasteiger partial charge is 0.417 e. The molecule has 2 saturated heterocycles. The molecule has 0 spiro atoms. The van der Waals surface area contributed by atoms with Gasteiger partial charge >= 0.3 is 14.2 Å². The van der Waals surface area contributed by atoms with Crippen LogP contribution in [0.15, 0.2) is 0 Å². The average molecular weight is 511 g/mol. The standard InChI is InChI=1S/C25H53B2O5Si2/c1-21(2,3)34(14,15)28-17-16-19(18-33(12)13)20(26-29-22(4,5)23(6,7)30-26)27-31-24(8,9)25(10,11)32-27/h19-20H,16-18H2,1-15H3. The zero-order valence-electron chi connectivity index (χ0n) is 25.0. The highest BCUT2D eigenvalue weighted by Crippen LogP contribution is 2.49. The zero-order chi connectivity index (χ0) is 26.5. The summed E-state index contributed by atoms with van der Waals surface area (Å²) < 4.78 is 33.2. The first-order valence-electron chi connectivity index (χ1n) is 13.2. The van der Waals surface area contributed by atoms with Gasteiger partial charge in [-0.25, -0.2) is 0 Å². The van der Waals surface area contributed by atoms with Gasteiger partial charge < -0.3 is 23.0 Å². The van der Waals surface area contributed by atoms with E-state index in [1.807, 2.05) is 0 Å². The normalized spacial score (nSPS) is 25.0. The van der Waals surface area contributed by atoms with Gasteiger partial charge in [0.1, 0.15) is 0 Å². The Bertz CT molecular complexity index is 636. The maximum absolute atomic E-state index is 6.64. The quantitative estimate of drug-likeness (QED) is 0.317. The van der Waals surface area contributed by atoms with Gasteiger partial charge in [-0.3, -0.25) is 0 Å². The molecule has 197 valence electrons. The fraction of sp³-hybridized carbons (Fsp3) is 1.00. The average Bonchev–Trinajstić information content (AvgIpc) is 2.92. The first-order chi connectivity index (χ1) is 15.0. The van der Waals surface area contributed by atoms with Crippen molar-refractivity contribution in [3.05, 3.63) is 0 Å². The molecule has 0 aliphatic carbocycles. The van der Waals surface area contributed by atoms with E-state index in [1.165, 1.54) is 0 Å². The topological polar surface area (TPSA) is 46.2 Å². The molecule has 0 aromatic heterocycles. The third-order valence-corrected chi connectivity index (χ3v) is 15.0. The lowest BCUT2D eigenvalue weighted by Gasteiger charge is -2.37. The number of rotatable bonds is 9. The van der Waals surface area contributed by atoms with Gasteiger partial charge in [0.05, 0.1) is 22.4 Å². The Kier molecular flexibility index (Phi) is 8.92. The maximum Gasteiger partial charge on any atom is 0.459 e. The Morgan fingerprint density at radius 3 is 1.41 bits per heavy atom. The van der Waals surface area contributed by atoms with E-state index in [-0.39, 0.29) is 25.0 Å². The van der Waals surface area contributed by atoms with Crippen molar-refractivity contribution in [1.82, 2.24) is 0 Å². The molecule has 34 heavy (non-hydrogen) atoms. The first kappa shape index (κ1) is 30.6. The summed E-state index contributed by atoms with van der Waals surface area (Å²) in [7, 11) is -3.08. The fourth-order valence-electron chi connectivity index (χ4n) is 4.30. The minimum Gasteiger partial charge on any atom is -0.417 e. The highest BCUT2D eigenvalue weighted by Gasteiger charge is 2.63. The Morgan fingerprint density at radius 1 is 0.765 bits per heavy atom. The Hall–Kier alpha value is 0.364. The molecular weight excluding hydrogens is 458 g/mol. The van der Waals surface area contributed by atoms with E-state index in [1.54, 1.807) is 0 Å². The second-order valence-corrected chi connectivity index (χ2v) is 22.0. The van der Waals surface area contributed by atoms with Crippen molar-refractivity contribution < 1.29 is 23.0 Å². The molecule has 0 saturated carbocycles. The molecule has 0 aromatic rings. The summed E-state index contributed by atoms with van der Waals surface area (Å²) in [5.74, 6) is 0.332. The van der Waals surface area contributed by atoms with Crippen LogP contribution in [0.3, 0.4) is 0 Å². The monoisotopic (exact) mass is 511 g/mol. The second-order valence-electron chi connectivity index (χ2n) is 14.4. The third-order valence-electron chi connectivity index (χ3n) is 9.14. The molecule has 2 aliphatic heterocycles. The van der Waals surface area contributed by atoms with Crippen molar-refractivity contribution in [3.8, 4) is 0 Å². The van der Waals surface area contributed by atoms with E-state index in [0.717, 1.165) is 19.1 Å². The molecule has 2 rings (SSSR count). The van der Waals surface area contributed by atoms with Crippen molar-refractivity contribution in [3.63, 3.8) is 0 Å². The van der Waals surface area contributed by atoms with Crippen LogP contribution in [-0.2, 0) is 23.0 Å². The van der Waals surface area contributed by atoms with Gasteiger partial charge in [0.15, 0.2) is 8.32 Å². The van der Waals surface area contributed by atoms with Crippen LogP contribution in [-0.4, -0.2) is 60.4 Å². The number of hydrogen-bond donors (Lipinski definition) is 0. The summed E-state index contributed by atoms with van der Waals surface area (Å²) in [5.41, 5.74) is -1.60. The van der Waals surface area contributed by atoms with E-state index < -0.39 is 39.5 Å². The van der Waals surface area contributed by atoms with Crippen LogP contribution >= 0.6 is 0 Å².